The van der Waals surface area contributed by atoms with E-state index in [4.69, 9.17) is 4.74 Å². The van der Waals surface area contributed by atoms with Crippen molar-refractivity contribution in [2.24, 2.45) is 5.92 Å². The Morgan fingerprint density at radius 2 is 1.72 bits per heavy atom. The van der Waals surface area contributed by atoms with Crippen molar-refractivity contribution >= 4 is 23.8 Å². The molecule has 0 aromatic heterocycles. The van der Waals surface area contributed by atoms with Gasteiger partial charge in [0.2, 0.25) is 0 Å². The third kappa shape index (κ3) is 4.69. The number of carbonyl (C=O) groups is 1. The molecule has 2 nitrogen and oxygen atoms in total. The monoisotopic (exact) mass is 440 g/mol. The van der Waals surface area contributed by atoms with Gasteiger partial charge >= 0.3 is 192 Å². The summed E-state index contributed by atoms with van der Waals surface area (Å²) in [5.41, 5.74) is 0.648. The molecule has 2 aromatic rings. The second kappa shape index (κ2) is 10.4. The second-order valence-corrected chi connectivity index (χ2v) is 12.2. The van der Waals surface area contributed by atoms with Crippen LogP contribution in [0.25, 0.3) is 0 Å². The molecule has 162 valence electrons. The van der Waals surface area contributed by atoms with Crippen molar-refractivity contribution in [1.82, 2.24) is 0 Å². The van der Waals surface area contributed by atoms with Gasteiger partial charge < -0.3 is 0 Å². The van der Waals surface area contributed by atoms with Gasteiger partial charge in [-0.2, -0.15) is 0 Å². The van der Waals surface area contributed by atoms with Crippen LogP contribution in [0.1, 0.15) is 19.3 Å². The molecule has 2 aliphatic rings. The van der Waals surface area contributed by atoms with Crippen molar-refractivity contribution in [3.8, 4) is 11.8 Å². The van der Waals surface area contributed by atoms with Crippen LogP contribution >= 0.6 is 7.26 Å². The van der Waals surface area contributed by atoms with Crippen molar-refractivity contribution in [3.05, 3.63) is 108 Å². The summed E-state index contributed by atoms with van der Waals surface area (Å²) in [6.45, 7) is 0. The van der Waals surface area contributed by atoms with E-state index < -0.39 is 7.26 Å². The van der Waals surface area contributed by atoms with Gasteiger partial charge in [-0.15, -0.1) is 0 Å². The normalized spacial score (nSPS) is 21.0. The van der Waals surface area contributed by atoms with E-state index in [1.165, 1.54) is 23.0 Å². The van der Waals surface area contributed by atoms with Crippen LogP contribution in [0.3, 0.4) is 0 Å². The maximum atomic E-state index is 12.0. The molecule has 0 bridgehead atoms. The van der Waals surface area contributed by atoms with Crippen LogP contribution in [0.2, 0.25) is 0 Å². The average Bonchev–Trinajstić information content (AvgIpc) is 2.84. The van der Waals surface area contributed by atoms with E-state index in [1.807, 2.05) is 12.2 Å². The molecule has 32 heavy (non-hydrogen) atoms. The number of rotatable bonds is 6. The van der Waals surface area contributed by atoms with Crippen molar-refractivity contribution in [3.63, 3.8) is 0 Å². The Morgan fingerprint density at radius 1 is 1.03 bits per heavy atom. The zero-order valence-electron chi connectivity index (χ0n) is 18.5. The van der Waals surface area contributed by atoms with E-state index in [2.05, 4.69) is 96.8 Å². The summed E-state index contributed by atoms with van der Waals surface area (Å²) in [5, 5.41) is 4.25. The molecular weight excluding hydrogens is 411 g/mol. The van der Waals surface area contributed by atoms with Crippen molar-refractivity contribution in [2.45, 2.75) is 19.3 Å². The first-order valence-corrected chi connectivity index (χ1v) is 13.3. The zero-order chi connectivity index (χ0) is 22.2. The molecule has 0 saturated heterocycles. The van der Waals surface area contributed by atoms with Gasteiger partial charge in [0.1, 0.15) is 0 Å². The zero-order valence-corrected chi connectivity index (χ0v) is 19.5. The SMILES string of the molecule is COC(=O)C1=CCC(C[PH](/C2=C/C=C\CC#CC2)(c2ccccc2)c2ccccc2)C=C1. The summed E-state index contributed by atoms with van der Waals surface area (Å²) >= 11 is 0. The fourth-order valence-electron chi connectivity index (χ4n) is 4.72. The first-order chi connectivity index (χ1) is 15.7. The van der Waals surface area contributed by atoms with Crippen LogP contribution in [0.4, 0.5) is 0 Å². The van der Waals surface area contributed by atoms with Gasteiger partial charge in [-0.1, -0.05) is 0 Å². The third-order valence-electron chi connectivity index (χ3n) is 6.32. The molecule has 0 radical (unpaired) electrons. The third-order valence-corrected chi connectivity index (χ3v) is 11.5. The summed E-state index contributed by atoms with van der Waals surface area (Å²) < 4.78 is 4.90. The molecule has 0 N–H and O–H groups in total. The molecular formula is C29H29O2P. The number of ether oxygens (including phenoxy) is 1. The molecule has 4 rings (SSSR count). The van der Waals surface area contributed by atoms with Gasteiger partial charge in [-0.05, 0) is 0 Å². The second-order valence-electron chi connectivity index (χ2n) is 8.20. The first kappa shape index (κ1) is 22.1. The number of hydrogen-bond donors (Lipinski definition) is 0. The summed E-state index contributed by atoms with van der Waals surface area (Å²) in [4.78, 5) is 12.0. The van der Waals surface area contributed by atoms with Gasteiger partial charge in [0, 0.05) is 0 Å². The molecule has 2 aliphatic carbocycles. The Hall–Kier alpha value is -3.14. The maximum absolute atomic E-state index is 12.0. The number of allylic oxidation sites excluding steroid dienone is 6. The van der Waals surface area contributed by atoms with E-state index in [9.17, 15) is 4.79 Å². The van der Waals surface area contributed by atoms with Crippen LogP contribution in [-0.2, 0) is 9.53 Å². The minimum absolute atomic E-state index is 0.266. The van der Waals surface area contributed by atoms with E-state index >= 15 is 0 Å². The first-order valence-electron chi connectivity index (χ1n) is 11.1. The number of carbonyl (C=O) groups excluding carboxylic acids is 1. The summed E-state index contributed by atoms with van der Waals surface area (Å²) in [6.07, 6.45) is 16.3. The van der Waals surface area contributed by atoms with Crippen molar-refractivity contribution < 1.29 is 9.53 Å². The van der Waals surface area contributed by atoms with Crippen molar-refractivity contribution in [2.75, 3.05) is 13.3 Å². The van der Waals surface area contributed by atoms with Crippen LogP contribution in [0.5, 0.6) is 0 Å². The van der Waals surface area contributed by atoms with Crippen LogP contribution in [0.15, 0.2) is 108 Å². The molecule has 0 spiro atoms. The number of esters is 1. The summed E-state index contributed by atoms with van der Waals surface area (Å²) in [5.74, 6) is 6.79. The Balaban J connectivity index is 1.83. The van der Waals surface area contributed by atoms with Gasteiger partial charge in [-0.25, -0.2) is 0 Å². The van der Waals surface area contributed by atoms with Crippen molar-refractivity contribution in [1.29, 1.82) is 0 Å². The van der Waals surface area contributed by atoms with E-state index in [-0.39, 0.29) is 5.97 Å². The number of hydrogen-bond acceptors (Lipinski definition) is 2. The molecule has 0 amide bonds. The Bertz CT molecular complexity index is 1090. The number of benzene rings is 2. The fraction of sp³-hybridized carbons (Fsp3) is 0.207. The summed E-state index contributed by atoms with van der Waals surface area (Å²) in [7, 11) is -0.904. The van der Waals surface area contributed by atoms with Gasteiger partial charge in [-0.3, -0.25) is 0 Å². The molecule has 3 heteroatoms. The molecule has 0 aliphatic heterocycles. The Kier molecular flexibility index (Phi) is 7.21. The van der Waals surface area contributed by atoms with Gasteiger partial charge in [0.05, 0.1) is 0 Å². The van der Waals surface area contributed by atoms with Crippen LogP contribution < -0.4 is 10.6 Å². The van der Waals surface area contributed by atoms with Gasteiger partial charge in [0.25, 0.3) is 0 Å². The molecule has 0 heterocycles. The standard InChI is InChI=1S/C29H29O2P/c1-31-29(30)25-21-19-24(20-22-25)23-32(27-15-9-5-10-16-27,28-17-11-6-12-18-28)26-13-7-3-2-4-8-14-26/h3,5-7,9-13,15-19,21-22,24,32H,2,14,20,23H2,1H3/b7-3-,26-13+. The van der Waals surface area contributed by atoms with Crippen LogP contribution in [-0.4, -0.2) is 19.2 Å². The quantitative estimate of drug-likeness (QED) is 0.346. The summed E-state index contributed by atoms with van der Waals surface area (Å²) in [6, 6.07) is 21.9. The molecule has 2 aromatic carbocycles. The Labute approximate surface area is 191 Å². The van der Waals surface area contributed by atoms with Gasteiger partial charge in [0.15, 0.2) is 0 Å². The van der Waals surface area contributed by atoms with E-state index in [0.717, 1.165) is 25.4 Å². The molecule has 1 unspecified atom stereocenters. The fourth-order valence-corrected chi connectivity index (χ4v) is 9.91. The predicted molar refractivity (Wildman–Crippen MR) is 137 cm³/mol. The topological polar surface area (TPSA) is 26.3 Å². The number of methoxy groups -OCH3 is 1. The predicted octanol–water partition coefficient (Wildman–Crippen LogP) is 5.30. The molecule has 1 atom stereocenters. The average molecular weight is 441 g/mol. The molecule has 0 fully saturated rings. The van der Waals surface area contributed by atoms with Crippen LogP contribution in [0, 0.1) is 17.8 Å². The minimum atomic E-state index is -2.34. The van der Waals surface area contributed by atoms with E-state index in [0.29, 0.717) is 11.5 Å². The Morgan fingerprint density at radius 3 is 2.31 bits per heavy atom. The van der Waals surface area contributed by atoms with E-state index in [1.54, 1.807) is 0 Å². The molecule has 0 saturated carbocycles.